The first-order valence-electron chi connectivity index (χ1n) is 7.17. The molecule has 0 N–H and O–H groups in total. The lowest BCUT2D eigenvalue weighted by Gasteiger charge is -2.11. The summed E-state index contributed by atoms with van der Waals surface area (Å²) in [6.07, 6.45) is -0.616. The molecular weight excluding hydrogens is 433 g/mol. The van der Waals surface area contributed by atoms with Crippen LogP contribution in [0.25, 0.3) is 11.1 Å². The topological polar surface area (TPSA) is 31.2 Å². The van der Waals surface area contributed by atoms with Crippen molar-refractivity contribution in [1.82, 2.24) is 4.57 Å². The lowest BCUT2D eigenvalue weighted by atomic mass is 10.0. The van der Waals surface area contributed by atoms with Gasteiger partial charge in [-0.05, 0) is 19.1 Å². The number of ether oxygens (including phenoxy) is 1. The Morgan fingerprint density at radius 1 is 1.30 bits per heavy atom. The van der Waals surface area contributed by atoms with Crippen molar-refractivity contribution in [2.24, 2.45) is 7.05 Å². The van der Waals surface area contributed by atoms with Crippen LogP contribution in [-0.4, -0.2) is 16.6 Å². The van der Waals surface area contributed by atoms with Crippen LogP contribution in [0.3, 0.4) is 0 Å². The van der Waals surface area contributed by atoms with E-state index in [0.717, 1.165) is 19.2 Å². The Morgan fingerprint density at radius 3 is 2.37 bits per heavy atom. The largest absolute Gasteiger partial charge is 0.446 e. The van der Waals surface area contributed by atoms with E-state index in [1.165, 1.54) is 6.92 Å². The summed E-state index contributed by atoms with van der Waals surface area (Å²) in [5.41, 5.74) is -2.44. The highest BCUT2D eigenvalue weighted by molar-refractivity contribution is 6.40. The molecule has 0 bridgehead atoms. The number of terminal acetylenes is 1. The molecule has 2 aromatic rings. The van der Waals surface area contributed by atoms with Crippen molar-refractivity contribution in [3.05, 3.63) is 44.4 Å². The molecule has 2 rings (SSSR count). The van der Waals surface area contributed by atoms with Crippen LogP contribution in [0.2, 0.25) is 15.2 Å². The Balaban J connectivity index is 2.70. The Morgan fingerprint density at radius 2 is 1.89 bits per heavy atom. The van der Waals surface area contributed by atoms with Crippen molar-refractivity contribution in [2.45, 2.75) is 19.2 Å². The summed E-state index contributed by atoms with van der Waals surface area (Å²) in [5, 5.41) is -1.60. The number of carbonyl (C=O) groups excluding carboxylic acids is 1. The molecule has 144 valence electrons. The lowest BCUT2D eigenvalue weighted by Crippen LogP contribution is -2.14. The number of aromatic nitrogens is 1. The van der Waals surface area contributed by atoms with E-state index in [1.807, 2.05) is 0 Å². The van der Waals surface area contributed by atoms with E-state index in [0.29, 0.717) is 4.57 Å². The predicted molar refractivity (Wildman–Crippen MR) is 94.5 cm³/mol. The Labute approximate surface area is 166 Å². The minimum absolute atomic E-state index is 0.306. The summed E-state index contributed by atoms with van der Waals surface area (Å²) in [5.74, 6) is 0.154. The number of nitrogens with zero attached hydrogens (tertiary/aromatic N) is 1. The SMILES string of the molecule is C#CC(C)OC(=O)c1cc(-c2c(Cl)c(C(F)(F)F)n(C)c2Cl)c(F)cc1Cl. The molecule has 10 heteroatoms. The zero-order chi connectivity index (χ0) is 20.7. The molecule has 0 aliphatic heterocycles. The van der Waals surface area contributed by atoms with Gasteiger partial charge in [0.05, 0.1) is 15.6 Å². The fourth-order valence-electron chi connectivity index (χ4n) is 2.32. The highest BCUT2D eigenvalue weighted by Gasteiger charge is 2.40. The van der Waals surface area contributed by atoms with Crippen LogP contribution >= 0.6 is 34.8 Å². The molecular formula is C17H10Cl3F4NO2. The average Bonchev–Trinajstić information content (AvgIpc) is 2.77. The third kappa shape index (κ3) is 4.03. The van der Waals surface area contributed by atoms with E-state index in [-0.39, 0.29) is 10.6 Å². The minimum Gasteiger partial charge on any atom is -0.446 e. The maximum Gasteiger partial charge on any atom is 0.432 e. The number of carbonyl (C=O) groups is 1. The van der Waals surface area contributed by atoms with E-state index in [9.17, 15) is 22.4 Å². The zero-order valence-electron chi connectivity index (χ0n) is 13.7. The highest BCUT2D eigenvalue weighted by atomic mass is 35.5. The molecule has 0 spiro atoms. The Kier molecular flexibility index (Phi) is 6.05. The van der Waals surface area contributed by atoms with Crippen molar-refractivity contribution in [3.63, 3.8) is 0 Å². The first kappa shape index (κ1) is 21.4. The fourth-order valence-corrected chi connectivity index (χ4v) is 3.30. The molecule has 0 aliphatic carbocycles. The Hall–Kier alpha value is -1.88. The number of benzene rings is 1. The maximum absolute atomic E-state index is 14.4. The summed E-state index contributed by atoms with van der Waals surface area (Å²) in [6, 6.07) is 1.66. The number of hydrogen-bond donors (Lipinski definition) is 0. The summed E-state index contributed by atoms with van der Waals surface area (Å²) in [7, 11) is 1.03. The van der Waals surface area contributed by atoms with Crippen LogP contribution in [0.15, 0.2) is 12.1 Å². The van der Waals surface area contributed by atoms with Gasteiger partial charge in [0.25, 0.3) is 0 Å². The van der Waals surface area contributed by atoms with Crippen molar-refractivity contribution < 1.29 is 27.1 Å². The summed E-state index contributed by atoms with van der Waals surface area (Å²) in [4.78, 5) is 12.2. The van der Waals surface area contributed by atoms with Crippen molar-refractivity contribution in [3.8, 4) is 23.5 Å². The van der Waals surface area contributed by atoms with Gasteiger partial charge in [0.2, 0.25) is 0 Å². The van der Waals surface area contributed by atoms with Gasteiger partial charge in [-0.15, -0.1) is 6.42 Å². The van der Waals surface area contributed by atoms with Crippen LogP contribution in [0.5, 0.6) is 0 Å². The molecule has 1 aromatic carbocycles. The Bertz CT molecular complexity index is 961. The van der Waals surface area contributed by atoms with Crippen molar-refractivity contribution in [1.29, 1.82) is 0 Å². The third-order valence-electron chi connectivity index (χ3n) is 3.60. The number of hydrogen-bond acceptors (Lipinski definition) is 2. The normalized spacial score (nSPS) is 12.6. The van der Waals surface area contributed by atoms with Gasteiger partial charge in [-0.2, -0.15) is 13.2 Å². The van der Waals surface area contributed by atoms with Gasteiger partial charge in [0, 0.05) is 18.2 Å². The average molecular weight is 443 g/mol. The summed E-state index contributed by atoms with van der Waals surface area (Å²) in [6.45, 7) is 1.41. The molecule has 0 amide bonds. The summed E-state index contributed by atoms with van der Waals surface area (Å²) >= 11 is 17.6. The van der Waals surface area contributed by atoms with Crippen LogP contribution in [0.1, 0.15) is 23.0 Å². The molecule has 3 nitrogen and oxygen atoms in total. The molecule has 1 atom stereocenters. The van der Waals surface area contributed by atoms with Crippen LogP contribution in [0.4, 0.5) is 17.6 Å². The van der Waals surface area contributed by atoms with E-state index in [2.05, 4.69) is 5.92 Å². The van der Waals surface area contributed by atoms with Gasteiger partial charge < -0.3 is 9.30 Å². The van der Waals surface area contributed by atoms with Crippen molar-refractivity contribution in [2.75, 3.05) is 0 Å². The van der Waals surface area contributed by atoms with Gasteiger partial charge in [-0.25, -0.2) is 9.18 Å². The standard InChI is InChI=1S/C17H10Cl3F4NO2/c1-4-7(2)27-16(26)8-5-9(11(21)6-10(8)18)12-13(19)14(17(22,23)24)25(3)15(12)20/h1,5-7H,2-3H3. The summed E-state index contributed by atoms with van der Waals surface area (Å²) < 4.78 is 59.5. The minimum atomic E-state index is -4.83. The number of alkyl halides is 3. The molecule has 0 saturated heterocycles. The molecule has 1 aromatic heterocycles. The number of rotatable bonds is 3. The van der Waals surface area contributed by atoms with Gasteiger partial charge in [0.15, 0.2) is 6.10 Å². The second-order valence-electron chi connectivity index (χ2n) is 5.41. The van der Waals surface area contributed by atoms with Gasteiger partial charge >= 0.3 is 12.1 Å². The molecule has 0 fully saturated rings. The molecule has 0 aliphatic rings. The van der Waals surface area contributed by atoms with E-state index < -0.39 is 51.1 Å². The number of esters is 1. The quantitative estimate of drug-likeness (QED) is 0.332. The smallest absolute Gasteiger partial charge is 0.432 e. The molecule has 1 unspecified atom stereocenters. The second kappa shape index (κ2) is 7.63. The van der Waals surface area contributed by atoms with Crippen LogP contribution in [0, 0.1) is 18.2 Å². The highest BCUT2D eigenvalue weighted by Crippen LogP contribution is 2.46. The molecule has 27 heavy (non-hydrogen) atoms. The molecule has 1 heterocycles. The van der Waals surface area contributed by atoms with E-state index in [4.69, 9.17) is 46.0 Å². The first-order valence-corrected chi connectivity index (χ1v) is 8.30. The van der Waals surface area contributed by atoms with Crippen molar-refractivity contribution >= 4 is 40.8 Å². The van der Waals surface area contributed by atoms with Gasteiger partial charge in [0.1, 0.15) is 16.7 Å². The maximum atomic E-state index is 14.4. The van der Waals surface area contributed by atoms with Gasteiger partial charge in [-0.1, -0.05) is 40.7 Å². The second-order valence-corrected chi connectivity index (χ2v) is 6.55. The van der Waals surface area contributed by atoms with Gasteiger partial charge in [-0.3, -0.25) is 0 Å². The molecule has 0 saturated carbocycles. The van der Waals surface area contributed by atoms with E-state index >= 15 is 0 Å². The van der Waals surface area contributed by atoms with Crippen LogP contribution in [-0.2, 0) is 18.0 Å². The zero-order valence-corrected chi connectivity index (χ0v) is 16.0. The first-order chi connectivity index (χ1) is 12.4. The fraction of sp³-hybridized carbons (Fsp3) is 0.235. The molecule has 0 radical (unpaired) electrons. The monoisotopic (exact) mass is 441 g/mol. The number of halogens is 7. The third-order valence-corrected chi connectivity index (χ3v) is 4.72. The predicted octanol–water partition coefficient (Wildman–Crippen LogP) is 5.99. The van der Waals surface area contributed by atoms with Crippen LogP contribution < -0.4 is 0 Å². The lowest BCUT2D eigenvalue weighted by molar-refractivity contribution is -0.142. The van der Waals surface area contributed by atoms with E-state index in [1.54, 1.807) is 0 Å².